The number of allylic oxidation sites excluding steroid dienone is 2. The SMILES string of the molecule is Cc1ccc(-c2ccc(C3C4=C(CC(C)(C)CC4=O)Nc4ccc5ccccc5c43)o2)c(Br)c1. The normalized spacial score (nSPS) is 19.1. The van der Waals surface area contributed by atoms with Crippen LogP contribution in [0.3, 0.4) is 0 Å². The summed E-state index contributed by atoms with van der Waals surface area (Å²) in [6.45, 7) is 6.41. The Balaban J connectivity index is 1.58. The van der Waals surface area contributed by atoms with Crippen molar-refractivity contribution in [3.8, 4) is 11.3 Å². The van der Waals surface area contributed by atoms with E-state index in [9.17, 15) is 4.79 Å². The Morgan fingerprint density at radius 2 is 1.82 bits per heavy atom. The number of hydrogen-bond donors (Lipinski definition) is 1. The highest BCUT2D eigenvalue weighted by Crippen LogP contribution is 2.51. The van der Waals surface area contributed by atoms with Gasteiger partial charge in [-0.2, -0.15) is 0 Å². The molecule has 0 saturated heterocycles. The zero-order valence-electron chi connectivity index (χ0n) is 19.5. The molecule has 3 nitrogen and oxygen atoms in total. The van der Waals surface area contributed by atoms with Crippen LogP contribution in [0.1, 0.15) is 49.5 Å². The van der Waals surface area contributed by atoms with E-state index < -0.39 is 0 Å². The topological polar surface area (TPSA) is 42.2 Å². The zero-order valence-corrected chi connectivity index (χ0v) is 21.1. The van der Waals surface area contributed by atoms with Crippen molar-refractivity contribution in [2.24, 2.45) is 5.41 Å². The molecule has 2 aliphatic rings. The summed E-state index contributed by atoms with van der Waals surface area (Å²) in [6, 6.07) is 23.0. The minimum atomic E-state index is -0.237. The number of anilines is 1. The minimum Gasteiger partial charge on any atom is -0.460 e. The van der Waals surface area contributed by atoms with Crippen LogP contribution in [0, 0.1) is 12.3 Å². The first kappa shape index (κ1) is 21.4. The molecule has 3 aromatic carbocycles. The summed E-state index contributed by atoms with van der Waals surface area (Å²) >= 11 is 3.69. The lowest BCUT2D eigenvalue weighted by molar-refractivity contribution is -0.118. The highest BCUT2D eigenvalue weighted by molar-refractivity contribution is 9.10. The Hall–Kier alpha value is -3.11. The quantitative estimate of drug-likeness (QED) is 0.293. The van der Waals surface area contributed by atoms with Gasteiger partial charge in [0.15, 0.2) is 5.78 Å². The third-order valence-corrected chi connectivity index (χ3v) is 7.71. The van der Waals surface area contributed by atoms with Gasteiger partial charge in [-0.3, -0.25) is 4.79 Å². The summed E-state index contributed by atoms with van der Waals surface area (Å²) in [6.07, 6.45) is 1.38. The first-order valence-electron chi connectivity index (χ1n) is 11.7. The standard InChI is InChI=1S/C30H26BrNO2/c1-17-8-10-20(21(31)14-17)25-12-13-26(34-25)29-27-19-7-5-4-6-18(19)9-11-22(27)32-23-15-30(2,3)16-24(33)28(23)29/h4-14,29,32H,15-16H2,1-3H3. The van der Waals surface area contributed by atoms with Crippen LogP contribution in [-0.4, -0.2) is 5.78 Å². The Morgan fingerprint density at radius 3 is 2.65 bits per heavy atom. The van der Waals surface area contributed by atoms with Gasteiger partial charge in [0, 0.05) is 33.4 Å². The monoisotopic (exact) mass is 511 g/mol. The van der Waals surface area contributed by atoms with Crippen LogP contribution in [0.4, 0.5) is 5.69 Å². The largest absolute Gasteiger partial charge is 0.460 e. The molecule has 1 atom stereocenters. The van der Waals surface area contributed by atoms with Gasteiger partial charge in [-0.05, 0) is 71.0 Å². The maximum atomic E-state index is 13.6. The number of carbonyl (C=O) groups excluding carboxylic acids is 1. The maximum absolute atomic E-state index is 13.6. The van der Waals surface area contributed by atoms with Crippen molar-refractivity contribution in [3.05, 3.63) is 99.4 Å². The molecule has 0 spiro atoms. The summed E-state index contributed by atoms with van der Waals surface area (Å²) in [4.78, 5) is 13.6. The number of carbonyl (C=O) groups is 1. The third kappa shape index (κ3) is 3.43. The van der Waals surface area contributed by atoms with Crippen LogP contribution in [0.2, 0.25) is 0 Å². The second-order valence-electron chi connectivity index (χ2n) is 10.3. The van der Waals surface area contributed by atoms with Crippen LogP contribution >= 0.6 is 15.9 Å². The summed E-state index contributed by atoms with van der Waals surface area (Å²) in [5.74, 6) is 1.57. The average Bonchev–Trinajstić information content (AvgIpc) is 3.26. The van der Waals surface area contributed by atoms with Crippen molar-refractivity contribution >= 4 is 38.2 Å². The van der Waals surface area contributed by atoms with Gasteiger partial charge >= 0.3 is 0 Å². The van der Waals surface area contributed by atoms with E-state index in [1.807, 2.05) is 12.1 Å². The van der Waals surface area contributed by atoms with Crippen molar-refractivity contribution in [1.82, 2.24) is 0 Å². The first-order chi connectivity index (χ1) is 16.3. The van der Waals surface area contributed by atoms with Gasteiger partial charge in [-0.25, -0.2) is 0 Å². The van der Waals surface area contributed by atoms with E-state index in [4.69, 9.17) is 4.42 Å². The summed E-state index contributed by atoms with van der Waals surface area (Å²) < 4.78 is 7.54. The Kier molecular flexibility index (Phi) is 4.86. The van der Waals surface area contributed by atoms with Crippen LogP contribution in [0.25, 0.3) is 22.1 Å². The van der Waals surface area contributed by atoms with Crippen LogP contribution in [0.5, 0.6) is 0 Å². The molecule has 0 fully saturated rings. The smallest absolute Gasteiger partial charge is 0.162 e. The van der Waals surface area contributed by atoms with Crippen molar-refractivity contribution in [3.63, 3.8) is 0 Å². The molecule has 2 heterocycles. The molecule has 1 N–H and O–H groups in total. The second-order valence-corrected chi connectivity index (χ2v) is 11.2. The van der Waals surface area contributed by atoms with Crippen molar-refractivity contribution in [2.75, 3.05) is 5.32 Å². The molecule has 0 amide bonds. The molecule has 1 aliphatic carbocycles. The number of Topliss-reactive ketones (excluding diaryl/α,β-unsaturated/α-hetero) is 1. The van der Waals surface area contributed by atoms with Crippen LogP contribution in [-0.2, 0) is 4.79 Å². The van der Waals surface area contributed by atoms with E-state index >= 15 is 0 Å². The molecular weight excluding hydrogens is 486 g/mol. The third-order valence-electron chi connectivity index (χ3n) is 7.05. The zero-order chi connectivity index (χ0) is 23.6. The lowest BCUT2D eigenvalue weighted by Crippen LogP contribution is -2.33. The van der Waals surface area contributed by atoms with Crippen LogP contribution < -0.4 is 5.32 Å². The molecule has 4 heteroatoms. The van der Waals surface area contributed by atoms with E-state index in [-0.39, 0.29) is 17.1 Å². The predicted octanol–water partition coefficient (Wildman–Crippen LogP) is 8.37. The molecule has 0 bridgehead atoms. The fourth-order valence-electron chi connectivity index (χ4n) is 5.56. The molecular formula is C30H26BrNO2. The number of furan rings is 1. The van der Waals surface area contributed by atoms with Gasteiger partial charge in [0.25, 0.3) is 0 Å². The lowest BCUT2D eigenvalue weighted by atomic mass is 9.69. The highest BCUT2D eigenvalue weighted by Gasteiger charge is 2.42. The number of halogens is 1. The van der Waals surface area contributed by atoms with Gasteiger partial charge in [-0.1, -0.05) is 66.2 Å². The molecule has 4 aromatic rings. The van der Waals surface area contributed by atoms with Gasteiger partial charge in [0.2, 0.25) is 0 Å². The number of fused-ring (bicyclic) bond motifs is 3. The number of hydrogen-bond acceptors (Lipinski definition) is 3. The summed E-state index contributed by atoms with van der Waals surface area (Å²) in [5, 5.41) is 5.95. The minimum absolute atomic E-state index is 0.0666. The molecule has 1 aliphatic heterocycles. The molecule has 6 rings (SSSR count). The Bertz CT molecular complexity index is 1510. The lowest BCUT2D eigenvalue weighted by Gasteiger charge is -2.39. The molecule has 170 valence electrons. The van der Waals surface area contributed by atoms with Gasteiger partial charge in [0.1, 0.15) is 11.5 Å². The number of nitrogens with one attached hydrogen (secondary N) is 1. The summed E-state index contributed by atoms with van der Waals surface area (Å²) in [5.41, 5.74) is 6.19. The average molecular weight is 512 g/mol. The molecule has 1 aromatic heterocycles. The Morgan fingerprint density at radius 1 is 1.00 bits per heavy atom. The van der Waals surface area contributed by atoms with Crippen molar-refractivity contribution < 1.29 is 9.21 Å². The maximum Gasteiger partial charge on any atom is 0.162 e. The second kappa shape index (κ2) is 7.71. The highest BCUT2D eigenvalue weighted by atomic mass is 79.9. The Labute approximate surface area is 208 Å². The van der Waals surface area contributed by atoms with E-state index in [1.54, 1.807) is 0 Å². The molecule has 1 unspecified atom stereocenters. The van der Waals surface area contributed by atoms with E-state index in [0.717, 1.165) is 61.3 Å². The first-order valence-corrected chi connectivity index (χ1v) is 12.5. The molecule has 0 saturated carbocycles. The number of ketones is 1. The van der Waals surface area contributed by atoms with Crippen molar-refractivity contribution in [2.45, 2.75) is 39.5 Å². The fourth-order valence-corrected chi connectivity index (χ4v) is 6.25. The van der Waals surface area contributed by atoms with Crippen LogP contribution in [0.15, 0.2) is 86.9 Å². The number of benzene rings is 3. The van der Waals surface area contributed by atoms with Gasteiger partial charge in [-0.15, -0.1) is 0 Å². The fraction of sp³-hybridized carbons (Fsp3) is 0.233. The van der Waals surface area contributed by atoms with Crippen molar-refractivity contribution in [1.29, 1.82) is 0 Å². The van der Waals surface area contributed by atoms with Gasteiger partial charge in [0.05, 0.1) is 5.92 Å². The number of aryl methyl sites for hydroxylation is 1. The van der Waals surface area contributed by atoms with E-state index in [0.29, 0.717) is 6.42 Å². The predicted molar refractivity (Wildman–Crippen MR) is 141 cm³/mol. The number of rotatable bonds is 2. The van der Waals surface area contributed by atoms with Gasteiger partial charge < -0.3 is 9.73 Å². The molecule has 34 heavy (non-hydrogen) atoms. The summed E-state index contributed by atoms with van der Waals surface area (Å²) in [7, 11) is 0. The van der Waals surface area contributed by atoms with E-state index in [1.165, 1.54) is 5.56 Å². The molecule has 0 radical (unpaired) electrons. The van der Waals surface area contributed by atoms with E-state index in [2.05, 4.69) is 96.6 Å².